The zero-order valence-corrected chi connectivity index (χ0v) is 21.5. The van der Waals surface area contributed by atoms with E-state index in [0.717, 1.165) is 43.6 Å². The number of carbonyl (C=O) groups excluding carboxylic acids is 1. The van der Waals surface area contributed by atoms with Gasteiger partial charge in [0.2, 0.25) is 0 Å². The first kappa shape index (κ1) is 30.5. The highest BCUT2D eigenvalue weighted by atomic mass is 19.4. The lowest BCUT2D eigenvalue weighted by atomic mass is 10.0. The summed E-state index contributed by atoms with van der Waals surface area (Å²) in [5.41, 5.74) is 1.17. The van der Waals surface area contributed by atoms with Crippen LogP contribution in [0.1, 0.15) is 53.0 Å². The van der Waals surface area contributed by atoms with Crippen LogP contribution in [0, 0.1) is 0 Å². The van der Waals surface area contributed by atoms with E-state index in [1.807, 2.05) is 58.1 Å². The van der Waals surface area contributed by atoms with E-state index in [1.54, 1.807) is 12.1 Å². The normalized spacial score (nSPS) is 13.2. The van der Waals surface area contributed by atoms with Gasteiger partial charge in [-0.1, -0.05) is 49.4 Å². The van der Waals surface area contributed by atoms with Crippen LogP contribution in [-0.4, -0.2) is 55.6 Å². The molecule has 0 heterocycles. The SMILES string of the molecule is C\C=C/C(=C\C=C\c1ccc(OC(F)(F)F)cc1)CNCCCN(CCC)C(C)(C)C(=O)OCC. The number of benzene rings is 1. The molecule has 5 nitrogen and oxygen atoms in total. The van der Waals surface area contributed by atoms with Gasteiger partial charge in [-0.15, -0.1) is 13.2 Å². The summed E-state index contributed by atoms with van der Waals surface area (Å²) in [6, 6.07) is 5.71. The van der Waals surface area contributed by atoms with E-state index in [9.17, 15) is 18.0 Å². The molecule has 1 rings (SSSR count). The number of hydrogen-bond donors (Lipinski definition) is 1. The Morgan fingerprint density at radius 1 is 1.11 bits per heavy atom. The lowest BCUT2D eigenvalue weighted by Gasteiger charge is -2.36. The maximum absolute atomic E-state index is 12.4. The summed E-state index contributed by atoms with van der Waals surface area (Å²) in [5, 5.41) is 3.43. The van der Waals surface area contributed by atoms with E-state index in [2.05, 4.69) is 21.9 Å². The zero-order chi connectivity index (χ0) is 26.3. The number of alkyl halides is 3. The van der Waals surface area contributed by atoms with Crippen molar-refractivity contribution >= 4 is 12.0 Å². The molecule has 0 radical (unpaired) electrons. The Hall–Kier alpha value is -2.58. The van der Waals surface area contributed by atoms with Gasteiger partial charge in [0.15, 0.2) is 0 Å². The quantitative estimate of drug-likeness (QED) is 0.180. The van der Waals surface area contributed by atoms with Crippen molar-refractivity contribution in [3.63, 3.8) is 0 Å². The third-order valence-corrected chi connectivity index (χ3v) is 5.26. The van der Waals surface area contributed by atoms with Crippen molar-refractivity contribution in [2.24, 2.45) is 0 Å². The molecule has 0 aliphatic heterocycles. The van der Waals surface area contributed by atoms with Crippen molar-refractivity contribution in [3.8, 4) is 5.75 Å². The van der Waals surface area contributed by atoms with Gasteiger partial charge in [0.05, 0.1) is 6.61 Å². The summed E-state index contributed by atoms with van der Waals surface area (Å²) < 4.78 is 45.9. The number of hydrogen-bond acceptors (Lipinski definition) is 5. The van der Waals surface area contributed by atoms with Crippen molar-refractivity contribution in [1.29, 1.82) is 0 Å². The molecule has 0 saturated carbocycles. The highest BCUT2D eigenvalue weighted by molar-refractivity contribution is 5.79. The second-order valence-corrected chi connectivity index (χ2v) is 8.51. The third kappa shape index (κ3) is 12.1. The molecule has 1 aromatic carbocycles. The van der Waals surface area contributed by atoms with E-state index in [-0.39, 0.29) is 11.7 Å². The van der Waals surface area contributed by atoms with Gasteiger partial charge >= 0.3 is 12.3 Å². The predicted molar refractivity (Wildman–Crippen MR) is 135 cm³/mol. The minimum atomic E-state index is -4.69. The first-order valence-electron chi connectivity index (χ1n) is 12.0. The van der Waals surface area contributed by atoms with Crippen molar-refractivity contribution in [2.75, 3.05) is 32.8 Å². The number of carbonyl (C=O) groups is 1. The molecule has 8 heteroatoms. The molecule has 0 aromatic heterocycles. The fourth-order valence-corrected chi connectivity index (χ4v) is 3.46. The largest absolute Gasteiger partial charge is 0.573 e. The van der Waals surface area contributed by atoms with E-state index >= 15 is 0 Å². The van der Waals surface area contributed by atoms with Gasteiger partial charge in [0.1, 0.15) is 11.3 Å². The zero-order valence-electron chi connectivity index (χ0n) is 21.5. The average Bonchev–Trinajstić information content (AvgIpc) is 2.78. The van der Waals surface area contributed by atoms with Crippen LogP contribution in [-0.2, 0) is 9.53 Å². The summed E-state index contributed by atoms with van der Waals surface area (Å²) in [6.07, 6.45) is 6.74. The summed E-state index contributed by atoms with van der Waals surface area (Å²) in [7, 11) is 0. The highest BCUT2D eigenvalue weighted by Gasteiger charge is 2.35. The van der Waals surface area contributed by atoms with Crippen molar-refractivity contribution < 1.29 is 27.4 Å². The minimum Gasteiger partial charge on any atom is -0.465 e. The van der Waals surface area contributed by atoms with Crippen LogP contribution in [0.2, 0.25) is 0 Å². The number of rotatable bonds is 15. The number of esters is 1. The summed E-state index contributed by atoms with van der Waals surface area (Å²) in [4.78, 5) is 14.5. The fourth-order valence-electron chi connectivity index (χ4n) is 3.46. The van der Waals surface area contributed by atoms with Crippen molar-refractivity contribution in [3.05, 3.63) is 59.7 Å². The van der Waals surface area contributed by atoms with Crippen LogP contribution in [0.4, 0.5) is 13.2 Å². The van der Waals surface area contributed by atoms with Crippen molar-refractivity contribution in [1.82, 2.24) is 10.2 Å². The Labute approximate surface area is 207 Å². The Kier molecular flexibility index (Phi) is 13.4. The van der Waals surface area contributed by atoms with Crippen LogP contribution in [0.5, 0.6) is 5.75 Å². The molecule has 0 unspecified atom stereocenters. The Bertz CT molecular complexity index is 844. The second-order valence-electron chi connectivity index (χ2n) is 8.51. The van der Waals surface area contributed by atoms with E-state index in [4.69, 9.17) is 4.74 Å². The molecule has 0 bridgehead atoms. The number of nitrogens with one attached hydrogen (secondary N) is 1. The molecule has 0 atom stereocenters. The fraction of sp³-hybridized carbons (Fsp3) is 0.519. The monoisotopic (exact) mass is 496 g/mol. The Morgan fingerprint density at radius 2 is 1.80 bits per heavy atom. The van der Waals surface area contributed by atoms with Crippen molar-refractivity contribution in [2.45, 2.75) is 59.4 Å². The van der Waals surface area contributed by atoms with E-state index in [1.165, 1.54) is 12.1 Å². The molecule has 35 heavy (non-hydrogen) atoms. The number of ether oxygens (including phenoxy) is 2. The summed E-state index contributed by atoms with van der Waals surface area (Å²) in [6.45, 7) is 13.1. The Morgan fingerprint density at radius 3 is 2.37 bits per heavy atom. The van der Waals surface area contributed by atoms with Gasteiger partial charge < -0.3 is 14.8 Å². The molecule has 196 valence electrons. The second kappa shape index (κ2) is 15.4. The van der Waals surface area contributed by atoms with Gasteiger partial charge in [-0.25, -0.2) is 0 Å². The first-order valence-corrected chi connectivity index (χ1v) is 12.0. The smallest absolute Gasteiger partial charge is 0.465 e. The summed E-state index contributed by atoms with van der Waals surface area (Å²) in [5.74, 6) is -0.443. The lowest BCUT2D eigenvalue weighted by molar-refractivity contribution is -0.274. The molecule has 1 N–H and O–H groups in total. The van der Waals surface area contributed by atoms with Gasteiger partial charge in [0, 0.05) is 13.1 Å². The van der Waals surface area contributed by atoms with Gasteiger partial charge in [0.25, 0.3) is 0 Å². The van der Waals surface area contributed by atoms with Gasteiger partial charge in [-0.3, -0.25) is 9.69 Å². The lowest BCUT2D eigenvalue weighted by Crippen LogP contribution is -2.52. The molecule has 0 aliphatic carbocycles. The van der Waals surface area contributed by atoms with Crippen LogP contribution in [0.3, 0.4) is 0 Å². The molecule has 0 fully saturated rings. The molecule has 0 saturated heterocycles. The maximum atomic E-state index is 12.4. The highest BCUT2D eigenvalue weighted by Crippen LogP contribution is 2.23. The maximum Gasteiger partial charge on any atom is 0.573 e. The standard InChI is InChI=1S/C27H39F3N2O3/c1-6-11-23(13-9-12-22-14-16-24(17-15-22)35-27(28,29)30)21-31-18-10-20-32(19-7-2)26(4,5)25(33)34-8-3/h6,9,11-17,31H,7-8,10,18-21H2,1-5H3/b11-6-,12-9+,23-13+. The van der Waals surface area contributed by atoms with E-state index in [0.29, 0.717) is 13.2 Å². The number of allylic oxidation sites excluding steroid dienone is 3. The summed E-state index contributed by atoms with van der Waals surface area (Å²) >= 11 is 0. The molecule has 1 aromatic rings. The minimum absolute atomic E-state index is 0.200. The van der Waals surface area contributed by atoms with Crippen LogP contribution < -0.4 is 10.1 Å². The Balaban J connectivity index is 2.59. The molecular formula is C27H39F3N2O3. The molecule has 0 spiro atoms. The number of nitrogens with zero attached hydrogens (tertiary/aromatic N) is 1. The van der Waals surface area contributed by atoms with Gasteiger partial charge in [-0.2, -0.15) is 0 Å². The predicted octanol–water partition coefficient (Wildman–Crippen LogP) is 6.13. The van der Waals surface area contributed by atoms with Crippen LogP contribution in [0.25, 0.3) is 6.08 Å². The average molecular weight is 497 g/mol. The molecular weight excluding hydrogens is 457 g/mol. The van der Waals surface area contributed by atoms with Gasteiger partial charge in [-0.05, 0) is 76.9 Å². The molecule has 0 aliphatic rings. The topological polar surface area (TPSA) is 50.8 Å². The number of halogens is 3. The van der Waals surface area contributed by atoms with E-state index < -0.39 is 11.9 Å². The molecule has 0 amide bonds. The third-order valence-electron chi connectivity index (χ3n) is 5.26. The first-order chi connectivity index (χ1) is 16.5. The van der Waals surface area contributed by atoms with Crippen LogP contribution in [0.15, 0.2) is 54.1 Å². The van der Waals surface area contributed by atoms with Crippen LogP contribution >= 0.6 is 0 Å².